The minimum absolute atomic E-state index is 0.00751. The molecule has 2 aromatic carbocycles. The quantitative estimate of drug-likeness (QED) is 0.376. The first-order chi connectivity index (χ1) is 14.3. The van der Waals surface area contributed by atoms with E-state index >= 15 is 0 Å². The molecule has 0 amide bonds. The van der Waals surface area contributed by atoms with Gasteiger partial charge in [0, 0.05) is 12.0 Å². The van der Waals surface area contributed by atoms with Crippen LogP contribution in [-0.4, -0.2) is 19.7 Å². The van der Waals surface area contributed by atoms with Crippen LogP contribution in [0.3, 0.4) is 0 Å². The van der Waals surface area contributed by atoms with Crippen LogP contribution in [0, 0.1) is 6.57 Å². The van der Waals surface area contributed by atoms with Gasteiger partial charge in [0.1, 0.15) is 5.82 Å². The summed E-state index contributed by atoms with van der Waals surface area (Å²) in [6.07, 6.45) is -3.87. The van der Waals surface area contributed by atoms with Crippen LogP contribution in [0.1, 0.15) is 24.1 Å². The Hall–Kier alpha value is -3.38. The van der Waals surface area contributed by atoms with Crippen molar-refractivity contribution in [2.45, 2.75) is 26.1 Å². The summed E-state index contributed by atoms with van der Waals surface area (Å²) < 4.78 is 45.9. The minimum atomic E-state index is -4.46. The molecule has 0 N–H and O–H groups in total. The van der Waals surface area contributed by atoms with Gasteiger partial charge >= 0.3 is 6.18 Å². The number of aromatic nitrogens is 4. The number of benzene rings is 2. The molecule has 0 unspecified atom stereocenters. The van der Waals surface area contributed by atoms with Gasteiger partial charge in [-0.2, -0.15) is 18.2 Å². The molecular formula is C20H13ClF3N5O. The minimum Gasteiger partial charge on any atom is -0.334 e. The van der Waals surface area contributed by atoms with Crippen molar-refractivity contribution in [3.05, 3.63) is 70.1 Å². The van der Waals surface area contributed by atoms with Crippen LogP contribution in [0.15, 0.2) is 40.9 Å². The highest BCUT2D eigenvalue weighted by Crippen LogP contribution is 2.34. The number of hydrogen-bond acceptors (Lipinski definition) is 4. The molecule has 152 valence electrons. The Labute approximate surface area is 173 Å². The highest BCUT2D eigenvalue weighted by molar-refractivity contribution is 6.37. The summed E-state index contributed by atoms with van der Waals surface area (Å²) in [4.78, 5) is 12.1. The fourth-order valence-corrected chi connectivity index (χ4v) is 3.38. The average molecular weight is 432 g/mol. The second kappa shape index (κ2) is 7.46. The van der Waals surface area contributed by atoms with Crippen LogP contribution < -0.4 is 0 Å². The zero-order valence-corrected chi connectivity index (χ0v) is 16.3. The highest BCUT2D eigenvalue weighted by Gasteiger charge is 2.31. The van der Waals surface area contributed by atoms with Crippen LogP contribution in [0.25, 0.3) is 27.3 Å². The van der Waals surface area contributed by atoms with Gasteiger partial charge in [0.05, 0.1) is 34.7 Å². The summed E-state index contributed by atoms with van der Waals surface area (Å²) in [6, 6.07) is 8.06. The maximum Gasteiger partial charge on any atom is 0.416 e. The summed E-state index contributed by atoms with van der Waals surface area (Å²) in [7, 11) is 0. The SMILES string of the molecule is [C-]#[N+]c1ccc2c(nc(CC)n2Cc2noc(-c3cccc(C(F)(F)F)c3)n2)c1Cl. The van der Waals surface area contributed by atoms with Crippen LogP contribution in [0.5, 0.6) is 0 Å². The van der Waals surface area contributed by atoms with E-state index in [0.717, 1.165) is 12.1 Å². The molecule has 0 radical (unpaired) electrons. The van der Waals surface area contributed by atoms with E-state index in [0.29, 0.717) is 29.0 Å². The van der Waals surface area contributed by atoms with E-state index in [9.17, 15) is 13.2 Å². The van der Waals surface area contributed by atoms with Crippen molar-refractivity contribution >= 4 is 28.3 Å². The van der Waals surface area contributed by atoms with Crippen molar-refractivity contribution in [1.29, 1.82) is 0 Å². The Balaban J connectivity index is 1.70. The molecule has 0 saturated carbocycles. The Morgan fingerprint density at radius 2 is 2.00 bits per heavy atom. The van der Waals surface area contributed by atoms with Gasteiger partial charge in [0.15, 0.2) is 5.82 Å². The summed E-state index contributed by atoms with van der Waals surface area (Å²) in [5.74, 6) is 0.980. The van der Waals surface area contributed by atoms with Crippen molar-refractivity contribution in [3.63, 3.8) is 0 Å². The van der Waals surface area contributed by atoms with Crippen molar-refractivity contribution in [1.82, 2.24) is 19.7 Å². The Morgan fingerprint density at radius 3 is 2.70 bits per heavy atom. The van der Waals surface area contributed by atoms with Crippen LogP contribution in [-0.2, 0) is 19.1 Å². The van der Waals surface area contributed by atoms with Crippen LogP contribution in [0.2, 0.25) is 5.02 Å². The summed E-state index contributed by atoms with van der Waals surface area (Å²) in [6.45, 7) is 9.30. The lowest BCUT2D eigenvalue weighted by molar-refractivity contribution is -0.137. The molecule has 4 aromatic rings. The first-order valence-corrected chi connectivity index (χ1v) is 9.25. The molecule has 10 heteroatoms. The van der Waals surface area contributed by atoms with Crippen molar-refractivity contribution in [2.75, 3.05) is 0 Å². The molecule has 0 saturated heterocycles. The number of fused-ring (bicyclic) bond motifs is 1. The third-order valence-corrected chi connectivity index (χ3v) is 4.93. The first kappa shape index (κ1) is 19.9. The summed E-state index contributed by atoms with van der Waals surface area (Å²) in [5.41, 5.74) is 0.902. The first-order valence-electron chi connectivity index (χ1n) is 8.87. The maximum atomic E-state index is 13.0. The molecule has 0 fully saturated rings. The zero-order valence-electron chi connectivity index (χ0n) is 15.5. The molecule has 30 heavy (non-hydrogen) atoms. The molecule has 6 nitrogen and oxygen atoms in total. The van der Waals surface area contributed by atoms with E-state index in [-0.39, 0.29) is 28.8 Å². The molecule has 0 aliphatic carbocycles. The molecule has 0 bridgehead atoms. The molecule has 2 aromatic heterocycles. The van der Waals surface area contributed by atoms with E-state index in [1.54, 1.807) is 12.1 Å². The Morgan fingerprint density at radius 1 is 1.20 bits per heavy atom. The third kappa shape index (κ3) is 3.50. The molecule has 0 atom stereocenters. The van der Waals surface area contributed by atoms with Gasteiger partial charge in [0.25, 0.3) is 5.89 Å². The van der Waals surface area contributed by atoms with E-state index in [1.807, 2.05) is 11.5 Å². The largest absolute Gasteiger partial charge is 0.416 e. The lowest BCUT2D eigenvalue weighted by Crippen LogP contribution is -2.06. The highest BCUT2D eigenvalue weighted by atomic mass is 35.5. The Bertz CT molecular complexity index is 1290. The summed E-state index contributed by atoms with van der Waals surface area (Å²) in [5, 5.41) is 4.17. The number of rotatable bonds is 4. The number of halogens is 4. The second-order valence-electron chi connectivity index (χ2n) is 6.44. The monoisotopic (exact) mass is 431 g/mol. The van der Waals surface area contributed by atoms with Gasteiger partial charge < -0.3 is 9.09 Å². The summed E-state index contributed by atoms with van der Waals surface area (Å²) >= 11 is 6.29. The third-order valence-electron chi connectivity index (χ3n) is 4.56. The lowest BCUT2D eigenvalue weighted by Gasteiger charge is -2.06. The fourth-order valence-electron chi connectivity index (χ4n) is 3.13. The predicted molar refractivity (Wildman–Crippen MR) is 104 cm³/mol. The van der Waals surface area contributed by atoms with Crippen molar-refractivity contribution in [2.24, 2.45) is 0 Å². The standard InChI is InChI=1S/C20H13ClF3N5O/c1-3-16-27-18-14(8-7-13(25-2)17(18)21)29(16)10-15-26-19(30-28-15)11-5-4-6-12(9-11)20(22,23)24/h4-9H,3,10H2,1H3. The van der Waals surface area contributed by atoms with E-state index < -0.39 is 11.7 Å². The fraction of sp³-hybridized carbons (Fsp3) is 0.200. The topological polar surface area (TPSA) is 61.1 Å². The van der Waals surface area contributed by atoms with Crippen molar-refractivity contribution in [3.8, 4) is 11.5 Å². The van der Waals surface area contributed by atoms with Gasteiger partial charge in [-0.1, -0.05) is 35.8 Å². The second-order valence-corrected chi connectivity index (χ2v) is 6.82. The normalized spacial score (nSPS) is 11.7. The number of hydrogen-bond donors (Lipinski definition) is 0. The molecule has 4 rings (SSSR count). The van der Waals surface area contributed by atoms with Gasteiger partial charge in [-0.25, -0.2) is 9.83 Å². The number of aryl methyl sites for hydroxylation is 1. The van der Waals surface area contributed by atoms with Gasteiger partial charge in [-0.3, -0.25) is 0 Å². The van der Waals surface area contributed by atoms with Crippen LogP contribution in [0.4, 0.5) is 18.9 Å². The van der Waals surface area contributed by atoms with Crippen LogP contribution >= 0.6 is 11.6 Å². The lowest BCUT2D eigenvalue weighted by atomic mass is 10.1. The number of alkyl halides is 3. The molecule has 0 aliphatic heterocycles. The van der Waals surface area contributed by atoms with E-state index in [1.165, 1.54) is 12.1 Å². The van der Waals surface area contributed by atoms with Gasteiger partial charge in [0.2, 0.25) is 5.69 Å². The average Bonchev–Trinajstić information content (AvgIpc) is 3.33. The van der Waals surface area contributed by atoms with E-state index in [4.69, 9.17) is 22.7 Å². The Kier molecular flexibility index (Phi) is 4.95. The zero-order chi connectivity index (χ0) is 21.5. The smallest absolute Gasteiger partial charge is 0.334 e. The number of imidazole rings is 1. The van der Waals surface area contributed by atoms with E-state index in [2.05, 4.69) is 20.0 Å². The molecular weight excluding hydrogens is 419 g/mol. The van der Waals surface area contributed by atoms with Gasteiger partial charge in [-0.15, -0.1) is 0 Å². The number of nitrogens with zero attached hydrogens (tertiary/aromatic N) is 5. The maximum absolute atomic E-state index is 13.0. The molecule has 0 spiro atoms. The molecule has 0 aliphatic rings. The van der Waals surface area contributed by atoms with Crippen molar-refractivity contribution < 1.29 is 17.7 Å². The molecule has 2 heterocycles. The predicted octanol–water partition coefficient (Wildman–Crippen LogP) is 5.92. The van der Waals surface area contributed by atoms with Gasteiger partial charge in [-0.05, 0) is 24.3 Å².